The molecule has 2 rings (SSSR count). The summed E-state index contributed by atoms with van der Waals surface area (Å²) in [6.45, 7) is 0. The van der Waals surface area contributed by atoms with Crippen LogP contribution in [0.1, 0.15) is 15.9 Å². The van der Waals surface area contributed by atoms with E-state index in [1.807, 2.05) is 6.07 Å². The number of carbonyl (C=O) groups excluding carboxylic acids is 1. The summed E-state index contributed by atoms with van der Waals surface area (Å²) < 4.78 is 0. The highest BCUT2D eigenvalue weighted by atomic mass is 35.5. The van der Waals surface area contributed by atoms with Crippen molar-refractivity contribution in [1.82, 2.24) is 0 Å². The summed E-state index contributed by atoms with van der Waals surface area (Å²) in [6.07, 6.45) is 0. The van der Waals surface area contributed by atoms with E-state index in [0.717, 1.165) is 0 Å². The van der Waals surface area contributed by atoms with Gasteiger partial charge in [0.25, 0.3) is 5.91 Å². The molecule has 0 N–H and O–H groups in total. The molecule has 0 spiro atoms. The van der Waals surface area contributed by atoms with Crippen molar-refractivity contribution in [3.05, 3.63) is 63.6 Å². The van der Waals surface area contributed by atoms with Gasteiger partial charge in [0.1, 0.15) is 0 Å². The maximum absolute atomic E-state index is 12.4. The normalized spacial score (nSPS) is 9.90. The number of nitrogens with zero attached hydrogens (tertiary/aromatic N) is 2. The quantitative estimate of drug-likeness (QED) is 0.837. The zero-order valence-electron chi connectivity index (χ0n) is 10.6. The number of hydrogen-bond acceptors (Lipinski definition) is 2. The number of carbonyl (C=O) groups is 1. The Kier molecular flexibility index (Phi) is 4.29. The first kappa shape index (κ1) is 14.4. The lowest BCUT2D eigenvalue weighted by molar-refractivity contribution is 0.0993. The predicted octanol–water partition coefficient (Wildman–Crippen LogP) is 4.14. The second-order valence-electron chi connectivity index (χ2n) is 4.12. The van der Waals surface area contributed by atoms with Gasteiger partial charge in [0.05, 0.1) is 27.2 Å². The Labute approximate surface area is 127 Å². The number of rotatable bonds is 2. The highest BCUT2D eigenvalue weighted by Gasteiger charge is 2.17. The molecule has 1 amide bonds. The number of benzene rings is 2. The number of nitriles is 1. The molecule has 0 fully saturated rings. The average molecular weight is 305 g/mol. The molecule has 0 aliphatic rings. The van der Waals surface area contributed by atoms with Crippen LogP contribution in [0.15, 0.2) is 42.5 Å². The third kappa shape index (κ3) is 2.77. The van der Waals surface area contributed by atoms with Gasteiger partial charge in [0, 0.05) is 12.7 Å². The van der Waals surface area contributed by atoms with Gasteiger partial charge >= 0.3 is 0 Å². The minimum atomic E-state index is -0.262. The highest BCUT2D eigenvalue weighted by Crippen LogP contribution is 2.27. The molecule has 2 aromatic carbocycles. The molecular formula is C15H10Cl2N2O. The number of hydrogen-bond donors (Lipinski definition) is 0. The molecule has 0 aromatic heterocycles. The van der Waals surface area contributed by atoms with Crippen molar-refractivity contribution < 1.29 is 4.79 Å². The van der Waals surface area contributed by atoms with Crippen molar-refractivity contribution in [1.29, 1.82) is 5.26 Å². The monoisotopic (exact) mass is 304 g/mol. The smallest absolute Gasteiger partial charge is 0.259 e. The highest BCUT2D eigenvalue weighted by molar-refractivity contribution is 6.44. The fraction of sp³-hybridized carbons (Fsp3) is 0.0667. The van der Waals surface area contributed by atoms with Crippen LogP contribution in [0.2, 0.25) is 10.0 Å². The van der Waals surface area contributed by atoms with Gasteiger partial charge < -0.3 is 4.90 Å². The zero-order chi connectivity index (χ0) is 14.7. The maximum atomic E-state index is 12.4. The molecule has 0 aliphatic carbocycles. The Bertz CT molecular complexity index is 690. The summed E-state index contributed by atoms with van der Waals surface area (Å²) in [7, 11) is 1.64. The van der Waals surface area contributed by atoms with Crippen LogP contribution >= 0.6 is 23.2 Å². The summed E-state index contributed by atoms with van der Waals surface area (Å²) >= 11 is 12.0. The Morgan fingerprint density at radius 2 is 1.80 bits per heavy atom. The molecule has 0 unspecified atom stereocenters. The van der Waals surface area contributed by atoms with Crippen LogP contribution in [0, 0.1) is 11.3 Å². The first-order chi connectivity index (χ1) is 9.54. The average Bonchev–Trinajstić information content (AvgIpc) is 2.48. The summed E-state index contributed by atoms with van der Waals surface area (Å²) in [5.74, 6) is -0.262. The minimum Gasteiger partial charge on any atom is -0.311 e. The Hall–Kier alpha value is -2.02. The largest absolute Gasteiger partial charge is 0.311 e. The van der Waals surface area contributed by atoms with Gasteiger partial charge in [0.2, 0.25) is 0 Å². The summed E-state index contributed by atoms with van der Waals surface area (Å²) in [4.78, 5) is 13.8. The molecule has 3 nitrogen and oxygen atoms in total. The fourth-order valence-electron chi connectivity index (χ4n) is 1.73. The molecule has 0 radical (unpaired) electrons. The lowest BCUT2D eigenvalue weighted by Crippen LogP contribution is -2.26. The van der Waals surface area contributed by atoms with Gasteiger partial charge in [0.15, 0.2) is 0 Å². The first-order valence-electron chi connectivity index (χ1n) is 5.77. The molecule has 2 aromatic rings. The van der Waals surface area contributed by atoms with Crippen molar-refractivity contribution in [2.24, 2.45) is 0 Å². The molecule has 5 heteroatoms. The molecular weight excluding hydrogens is 295 g/mol. The third-order valence-electron chi connectivity index (χ3n) is 2.87. The summed E-state index contributed by atoms with van der Waals surface area (Å²) in [5.41, 5.74) is 1.55. The van der Waals surface area contributed by atoms with Crippen molar-refractivity contribution in [2.75, 3.05) is 11.9 Å². The van der Waals surface area contributed by atoms with E-state index in [-0.39, 0.29) is 10.9 Å². The minimum absolute atomic E-state index is 0.236. The summed E-state index contributed by atoms with van der Waals surface area (Å²) in [6, 6.07) is 13.7. The van der Waals surface area contributed by atoms with Crippen molar-refractivity contribution in [3.63, 3.8) is 0 Å². The third-order valence-corrected chi connectivity index (χ3v) is 3.69. The molecule has 0 aliphatic heterocycles. The van der Waals surface area contributed by atoms with Gasteiger partial charge in [-0.2, -0.15) is 5.26 Å². The lowest BCUT2D eigenvalue weighted by atomic mass is 10.1. The summed E-state index contributed by atoms with van der Waals surface area (Å²) in [5, 5.41) is 9.33. The van der Waals surface area contributed by atoms with Crippen molar-refractivity contribution in [2.45, 2.75) is 0 Å². The molecule has 0 saturated heterocycles. The molecule has 0 saturated carbocycles. The van der Waals surface area contributed by atoms with E-state index in [4.69, 9.17) is 28.5 Å². The molecule has 0 heterocycles. The Balaban J connectivity index is 2.32. The van der Waals surface area contributed by atoms with Crippen molar-refractivity contribution >= 4 is 34.8 Å². The predicted molar refractivity (Wildman–Crippen MR) is 80.4 cm³/mol. The van der Waals surface area contributed by atoms with E-state index in [1.165, 1.54) is 4.90 Å². The second kappa shape index (κ2) is 5.96. The number of halogens is 2. The SMILES string of the molecule is CN(C(=O)c1cccc(Cl)c1Cl)c1ccc(C#N)cc1. The van der Waals surface area contributed by atoms with Crippen LogP contribution in [0.4, 0.5) is 5.69 Å². The number of amides is 1. The lowest BCUT2D eigenvalue weighted by Gasteiger charge is -2.18. The molecule has 0 bridgehead atoms. The van der Waals surface area contributed by atoms with Gasteiger partial charge in [-0.1, -0.05) is 29.3 Å². The first-order valence-corrected chi connectivity index (χ1v) is 6.52. The van der Waals surface area contributed by atoms with Gasteiger partial charge in [-0.25, -0.2) is 0 Å². The Morgan fingerprint density at radius 1 is 1.15 bits per heavy atom. The van der Waals surface area contributed by atoms with E-state index in [9.17, 15) is 4.79 Å². The van der Waals surface area contributed by atoms with Crippen molar-refractivity contribution in [3.8, 4) is 6.07 Å². The van der Waals surface area contributed by atoms with Crippen LogP contribution in [-0.4, -0.2) is 13.0 Å². The van der Waals surface area contributed by atoms with Gasteiger partial charge in [-0.15, -0.1) is 0 Å². The zero-order valence-corrected chi connectivity index (χ0v) is 12.1. The van der Waals surface area contributed by atoms with E-state index in [1.54, 1.807) is 49.5 Å². The van der Waals surface area contributed by atoms with E-state index in [0.29, 0.717) is 21.8 Å². The number of anilines is 1. The van der Waals surface area contributed by atoms with E-state index in [2.05, 4.69) is 0 Å². The van der Waals surface area contributed by atoms with Gasteiger partial charge in [-0.3, -0.25) is 4.79 Å². The maximum Gasteiger partial charge on any atom is 0.259 e. The molecule has 20 heavy (non-hydrogen) atoms. The van der Waals surface area contributed by atoms with Crippen LogP contribution in [-0.2, 0) is 0 Å². The van der Waals surface area contributed by atoms with Crippen LogP contribution < -0.4 is 4.90 Å². The van der Waals surface area contributed by atoms with Gasteiger partial charge in [-0.05, 0) is 36.4 Å². The van der Waals surface area contributed by atoms with Crippen LogP contribution in [0.3, 0.4) is 0 Å². The van der Waals surface area contributed by atoms with Crippen LogP contribution in [0.5, 0.6) is 0 Å². The standard InChI is InChI=1S/C15H10Cl2N2O/c1-19(11-7-5-10(9-18)6-8-11)15(20)12-3-2-4-13(16)14(12)17/h2-8H,1H3. The van der Waals surface area contributed by atoms with Crippen LogP contribution in [0.25, 0.3) is 0 Å². The molecule has 100 valence electrons. The second-order valence-corrected chi connectivity index (χ2v) is 4.91. The van der Waals surface area contributed by atoms with E-state index >= 15 is 0 Å². The van der Waals surface area contributed by atoms with E-state index < -0.39 is 0 Å². The topological polar surface area (TPSA) is 44.1 Å². The Morgan fingerprint density at radius 3 is 2.40 bits per heavy atom. The molecule has 0 atom stereocenters. The fourth-order valence-corrected chi connectivity index (χ4v) is 2.11.